The summed E-state index contributed by atoms with van der Waals surface area (Å²) in [6, 6.07) is 10.0. The first kappa shape index (κ1) is 17.3. The molecule has 1 aliphatic heterocycles. The van der Waals surface area contributed by atoms with Crippen LogP contribution in [0, 0.1) is 0 Å². The number of hydrogen-bond donors (Lipinski definition) is 2. The zero-order valence-electron chi connectivity index (χ0n) is 13.6. The van der Waals surface area contributed by atoms with Gasteiger partial charge in [0.05, 0.1) is 5.54 Å². The highest BCUT2D eigenvalue weighted by Crippen LogP contribution is 2.48. The van der Waals surface area contributed by atoms with Crippen LogP contribution in [0.15, 0.2) is 45.2 Å². The minimum atomic E-state index is -0.542. The van der Waals surface area contributed by atoms with Crippen molar-refractivity contribution in [1.82, 2.24) is 4.90 Å². The highest BCUT2D eigenvalue weighted by molar-refractivity contribution is 9.10. The average molecular weight is 410 g/mol. The summed E-state index contributed by atoms with van der Waals surface area (Å²) in [5, 5.41) is 11.3. The molecule has 5 nitrogen and oxygen atoms in total. The monoisotopic (exact) mass is 409 g/mol. The van der Waals surface area contributed by atoms with E-state index in [0.29, 0.717) is 12.4 Å². The number of hydrogen-bond acceptors (Lipinski definition) is 4. The van der Waals surface area contributed by atoms with E-state index >= 15 is 0 Å². The van der Waals surface area contributed by atoms with E-state index in [9.17, 15) is 5.11 Å². The second kappa shape index (κ2) is 6.74. The number of aliphatic hydroxyl groups is 1. The van der Waals surface area contributed by atoms with Crippen molar-refractivity contribution >= 4 is 33.2 Å². The Bertz CT molecular complexity index is 750. The topological polar surface area (TPSA) is 71.1 Å². The van der Waals surface area contributed by atoms with E-state index in [1.807, 2.05) is 29.6 Å². The van der Waals surface area contributed by atoms with Crippen molar-refractivity contribution in [1.29, 1.82) is 0 Å². The average Bonchev–Trinajstić information content (AvgIpc) is 3.09. The van der Waals surface area contributed by atoms with E-state index < -0.39 is 5.54 Å². The lowest BCUT2D eigenvalue weighted by Crippen LogP contribution is -2.39. The maximum absolute atomic E-state index is 9.29. The van der Waals surface area contributed by atoms with Gasteiger partial charge in [0.25, 0.3) is 0 Å². The minimum Gasteiger partial charge on any atom is -0.484 e. The van der Waals surface area contributed by atoms with Crippen molar-refractivity contribution in [2.75, 3.05) is 13.8 Å². The van der Waals surface area contributed by atoms with Gasteiger partial charge in [0.15, 0.2) is 5.96 Å². The lowest BCUT2D eigenvalue weighted by Gasteiger charge is -2.38. The van der Waals surface area contributed by atoms with Crippen LogP contribution in [0.5, 0.6) is 5.75 Å². The normalized spacial score (nSPS) is 23.5. The van der Waals surface area contributed by atoms with E-state index in [2.05, 4.69) is 28.9 Å². The molecule has 1 aromatic carbocycles. The summed E-state index contributed by atoms with van der Waals surface area (Å²) in [6.07, 6.45) is 0.608. The Morgan fingerprint density at radius 1 is 1.54 bits per heavy atom. The van der Waals surface area contributed by atoms with Crippen LogP contribution in [0.2, 0.25) is 0 Å². The predicted molar refractivity (Wildman–Crippen MR) is 100 cm³/mol. The molecule has 0 saturated carbocycles. The van der Waals surface area contributed by atoms with Gasteiger partial charge in [-0.25, -0.2) is 4.99 Å². The van der Waals surface area contributed by atoms with E-state index in [1.165, 1.54) is 9.78 Å². The Kier molecular flexibility index (Phi) is 4.85. The van der Waals surface area contributed by atoms with Gasteiger partial charge in [-0.3, -0.25) is 0 Å². The van der Waals surface area contributed by atoms with Crippen molar-refractivity contribution in [3.8, 4) is 5.75 Å². The zero-order chi connectivity index (χ0) is 17.3. The highest BCUT2D eigenvalue weighted by Gasteiger charge is 2.39. The standard InChI is InChI=1S/C17H20BrN3O2S/c1-17(20-16(19)21(2)10-22)9-14(15-4-3-7-24-15)23-13-6-5-11(18)8-12(13)17/h3-8,14,22H,9-10H2,1-2H3,(H2,19,20). The Balaban J connectivity index is 2.07. The first-order chi connectivity index (χ1) is 11.4. The maximum Gasteiger partial charge on any atom is 0.193 e. The van der Waals surface area contributed by atoms with Gasteiger partial charge in [-0.05, 0) is 36.6 Å². The SMILES string of the molecule is CN(CO)C(N)=NC1(C)CC(c2cccs2)Oc2ccc(Br)cc21. The molecule has 2 unspecified atom stereocenters. The van der Waals surface area contributed by atoms with Gasteiger partial charge >= 0.3 is 0 Å². The van der Waals surface area contributed by atoms with Gasteiger partial charge in [0.1, 0.15) is 18.6 Å². The van der Waals surface area contributed by atoms with Gasteiger partial charge in [-0.2, -0.15) is 0 Å². The van der Waals surface area contributed by atoms with Crippen LogP contribution in [-0.2, 0) is 5.54 Å². The molecular weight excluding hydrogens is 390 g/mol. The number of nitrogens with two attached hydrogens (primary N) is 1. The first-order valence-electron chi connectivity index (χ1n) is 7.60. The number of thiophene rings is 1. The van der Waals surface area contributed by atoms with Crippen LogP contribution in [0.25, 0.3) is 0 Å². The molecule has 0 bridgehead atoms. The van der Waals surface area contributed by atoms with Gasteiger partial charge in [-0.15, -0.1) is 11.3 Å². The Morgan fingerprint density at radius 2 is 2.33 bits per heavy atom. The molecule has 2 heterocycles. The van der Waals surface area contributed by atoms with Crippen LogP contribution in [-0.4, -0.2) is 29.7 Å². The number of aliphatic hydroxyl groups excluding tert-OH is 1. The molecule has 1 aliphatic rings. The molecule has 0 aliphatic carbocycles. The molecule has 0 radical (unpaired) electrons. The highest BCUT2D eigenvalue weighted by atomic mass is 79.9. The molecule has 128 valence electrons. The third kappa shape index (κ3) is 3.29. The quantitative estimate of drug-likeness (QED) is 0.462. The van der Waals surface area contributed by atoms with E-state index in [-0.39, 0.29) is 12.8 Å². The zero-order valence-corrected chi connectivity index (χ0v) is 16.0. The third-order valence-corrected chi connectivity index (χ3v) is 5.66. The van der Waals surface area contributed by atoms with Gasteiger partial charge in [0.2, 0.25) is 0 Å². The van der Waals surface area contributed by atoms with E-state index in [4.69, 9.17) is 15.5 Å². The molecule has 2 aromatic rings. The van der Waals surface area contributed by atoms with Crippen LogP contribution in [0.3, 0.4) is 0 Å². The molecule has 3 N–H and O–H groups in total. The maximum atomic E-state index is 9.29. The summed E-state index contributed by atoms with van der Waals surface area (Å²) in [6.45, 7) is 1.88. The van der Waals surface area contributed by atoms with Crippen molar-refractivity contribution in [3.05, 3.63) is 50.6 Å². The molecule has 24 heavy (non-hydrogen) atoms. The van der Waals surface area contributed by atoms with Crippen LogP contribution in [0.1, 0.15) is 29.9 Å². The molecule has 7 heteroatoms. The molecular formula is C17H20BrN3O2S. The summed E-state index contributed by atoms with van der Waals surface area (Å²) in [5.41, 5.74) is 6.51. The fourth-order valence-electron chi connectivity index (χ4n) is 2.84. The smallest absolute Gasteiger partial charge is 0.193 e. The predicted octanol–water partition coefficient (Wildman–Crippen LogP) is 3.45. The number of halogens is 1. The second-order valence-corrected chi connectivity index (χ2v) is 7.94. The number of benzene rings is 1. The lowest BCUT2D eigenvalue weighted by molar-refractivity contribution is 0.133. The molecule has 0 fully saturated rings. The molecule has 3 rings (SSSR count). The number of rotatable bonds is 3. The third-order valence-electron chi connectivity index (χ3n) is 4.20. The summed E-state index contributed by atoms with van der Waals surface area (Å²) in [7, 11) is 1.71. The summed E-state index contributed by atoms with van der Waals surface area (Å²) < 4.78 is 7.18. The van der Waals surface area contributed by atoms with E-state index in [1.54, 1.807) is 18.4 Å². The Morgan fingerprint density at radius 3 is 3.00 bits per heavy atom. The van der Waals surface area contributed by atoms with Crippen molar-refractivity contribution < 1.29 is 9.84 Å². The minimum absolute atomic E-state index is 0.0698. The number of fused-ring (bicyclic) bond motifs is 1. The summed E-state index contributed by atoms with van der Waals surface area (Å²) >= 11 is 5.19. The number of ether oxygens (including phenoxy) is 1. The largest absolute Gasteiger partial charge is 0.484 e. The van der Waals surface area contributed by atoms with Gasteiger partial charge in [0, 0.05) is 28.4 Å². The molecule has 1 aromatic heterocycles. The Hall–Kier alpha value is -1.57. The van der Waals surface area contributed by atoms with Crippen molar-refractivity contribution in [2.45, 2.75) is 25.0 Å². The number of aliphatic imine (C=N–C) groups is 1. The van der Waals surface area contributed by atoms with Crippen molar-refractivity contribution in [2.24, 2.45) is 10.7 Å². The van der Waals surface area contributed by atoms with E-state index in [0.717, 1.165) is 15.8 Å². The second-order valence-electron chi connectivity index (χ2n) is 6.05. The first-order valence-corrected chi connectivity index (χ1v) is 9.27. The fourth-order valence-corrected chi connectivity index (χ4v) is 3.96. The summed E-state index contributed by atoms with van der Waals surface area (Å²) in [4.78, 5) is 7.42. The molecule has 0 saturated heterocycles. The van der Waals surface area contributed by atoms with Gasteiger partial charge < -0.3 is 20.5 Å². The molecule has 0 spiro atoms. The van der Waals surface area contributed by atoms with Gasteiger partial charge in [-0.1, -0.05) is 22.0 Å². The molecule has 2 atom stereocenters. The summed E-state index contributed by atoms with van der Waals surface area (Å²) in [5.74, 6) is 1.12. The van der Waals surface area contributed by atoms with Crippen molar-refractivity contribution in [3.63, 3.8) is 0 Å². The van der Waals surface area contributed by atoms with Crippen LogP contribution >= 0.6 is 27.3 Å². The van der Waals surface area contributed by atoms with Crippen LogP contribution < -0.4 is 10.5 Å². The fraction of sp³-hybridized carbons (Fsp3) is 0.353. The van der Waals surface area contributed by atoms with Crippen LogP contribution in [0.4, 0.5) is 0 Å². The number of guanidine groups is 1. The molecule has 0 amide bonds. The lowest BCUT2D eigenvalue weighted by atomic mass is 9.83. The Labute approximate surface area is 153 Å². The number of nitrogens with zero attached hydrogens (tertiary/aromatic N) is 2.